The number of aryl methyl sites for hydroxylation is 1. The Kier molecular flexibility index (Phi) is 6.02. The molecule has 1 aliphatic heterocycles. The second-order valence-corrected chi connectivity index (χ2v) is 7.93. The molecule has 8 nitrogen and oxygen atoms in total. The summed E-state index contributed by atoms with van der Waals surface area (Å²) in [7, 11) is -0.771. The maximum Gasteiger partial charge on any atom is 0.273 e. The fraction of sp³-hybridized carbons (Fsp3) is 0.667. The molecule has 0 aliphatic carbocycles. The van der Waals surface area contributed by atoms with Crippen molar-refractivity contribution in [2.75, 3.05) is 40.4 Å². The summed E-state index contributed by atoms with van der Waals surface area (Å²) in [4.78, 5) is 12.4. The molecule has 1 aliphatic rings. The fourth-order valence-corrected chi connectivity index (χ4v) is 3.62. The van der Waals surface area contributed by atoms with E-state index in [4.69, 9.17) is 9.15 Å². The standard InChI is InChI=1S/C15H25N3O5S/c1-11-12(8-13(23-11)24(20,21)16-2)14(19)18-9-15(10-22-3)4-6-17-7-5-15/h8,16-17H,4-7,9-10H2,1-3H3,(H,18,19). The molecule has 9 heteroatoms. The third kappa shape index (κ3) is 4.15. The highest BCUT2D eigenvalue weighted by Crippen LogP contribution is 2.28. The third-order valence-corrected chi connectivity index (χ3v) is 5.68. The summed E-state index contributed by atoms with van der Waals surface area (Å²) in [5.41, 5.74) is 0.123. The van der Waals surface area contributed by atoms with Gasteiger partial charge in [-0.25, -0.2) is 13.1 Å². The van der Waals surface area contributed by atoms with Gasteiger partial charge in [-0.2, -0.15) is 0 Å². The molecule has 0 unspecified atom stereocenters. The van der Waals surface area contributed by atoms with E-state index in [0.29, 0.717) is 13.2 Å². The number of nitrogens with one attached hydrogen (secondary N) is 3. The monoisotopic (exact) mass is 359 g/mol. The smallest absolute Gasteiger partial charge is 0.273 e. The van der Waals surface area contributed by atoms with Gasteiger partial charge < -0.3 is 19.8 Å². The average Bonchev–Trinajstić information content (AvgIpc) is 2.97. The first kappa shape index (κ1) is 18.9. The minimum Gasteiger partial charge on any atom is -0.448 e. The minimum atomic E-state index is -3.71. The van der Waals surface area contributed by atoms with Gasteiger partial charge in [0.2, 0.25) is 5.09 Å². The summed E-state index contributed by atoms with van der Waals surface area (Å²) in [6, 6.07) is 1.25. The molecule has 0 saturated carbocycles. The topological polar surface area (TPSA) is 110 Å². The molecule has 0 spiro atoms. The minimum absolute atomic E-state index is 0.104. The fourth-order valence-electron chi connectivity index (χ4n) is 2.91. The van der Waals surface area contributed by atoms with Crippen molar-refractivity contribution in [1.29, 1.82) is 0 Å². The number of hydrogen-bond donors (Lipinski definition) is 3. The van der Waals surface area contributed by atoms with Crippen molar-refractivity contribution >= 4 is 15.9 Å². The van der Waals surface area contributed by atoms with E-state index in [-0.39, 0.29) is 27.7 Å². The van der Waals surface area contributed by atoms with Crippen LogP contribution >= 0.6 is 0 Å². The molecule has 1 aromatic heterocycles. The maximum absolute atomic E-state index is 12.4. The van der Waals surface area contributed by atoms with Gasteiger partial charge in [-0.3, -0.25) is 4.79 Å². The molecule has 0 bridgehead atoms. The molecule has 136 valence electrons. The van der Waals surface area contributed by atoms with Gasteiger partial charge in [0.25, 0.3) is 15.9 Å². The molecule has 2 rings (SSSR count). The number of rotatable bonds is 7. The van der Waals surface area contributed by atoms with E-state index in [1.807, 2.05) is 0 Å². The van der Waals surface area contributed by atoms with Crippen molar-refractivity contribution in [3.8, 4) is 0 Å². The van der Waals surface area contributed by atoms with Crippen LogP contribution in [0.25, 0.3) is 0 Å². The third-order valence-electron chi connectivity index (χ3n) is 4.41. The first-order chi connectivity index (χ1) is 11.3. The number of ether oxygens (including phenoxy) is 1. The van der Waals surface area contributed by atoms with E-state index in [1.165, 1.54) is 13.1 Å². The van der Waals surface area contributed by atoms with Crippen LogP contribution in [0.5, 0.6) is 0 Å². The number of sulfonamides is 1. The lowest BCUT2D eigenvalue weighted by molar-refractivity contribution is 0.0511. The number of piperidine rings is 1. The van der Waals surface area contributed by atoms with Gasteiger partial charge in [-0.1, -0.05) is 0 Å². The second kappa shape index (κ2) is 7.64. The van der Waals surface area contributed by atoms with Crippen molar-refractivity contribution in [3.63, 3.8) is 0 Å². The van der Waals surface area contributed by atoms with E-state index >= 15 is 0 Å². The van der Waals surface area contributed by atoms with Crippen molar-refractivity contribution in [2.45, 2.75) is 24.9 Å². The molecular formula is C15H25N3O5S. The second-order valence-electron chi connectivity index (χ2n) is 6.11. The van der Waals surface area contributed by atoms with Gasteiger partial charge in [0.05, 0.1) is 12.2 Å². The quantitative estimate of drug-likeness (QED) is 0.643. The molecule has 2 heterocycles. The Balaban J connectivity index is 2.09. The summed E-state index contributed by atoms with van der Waals surface area (Å²) >= 11 is 0. The molecule has 1 saturated heterocycles. The van der Waals surface area contributed by atoms with Gasteiger partial charge in [0.1, 0.15) is 5.76 Å². The van der Waals surface area contributed by atoms with Crippen LogP contribution in [0.1, 0.15) is 29.0 Å². The molecular weight excluding hydrogens is 334 g/mol. The Labute approximate surface area is 142 Å². The van der Waals surface area contributed by atoms with Gasteiger partial charge in [-0.15, -0.1) is 0 Å². The van der Waals surface area contributed by atoms with Gasteiger partial charge in [0.15, 0.2) is 0 Å². The predicted octanol–water partition coefficient (Wildman–Crippen LogP) is 0.242. The Hall–Kier alpha value is -1.42. The summed E-state index contributed by atoms with van der Waals surface area (Å²) in [5, 5.41) is 5.93. The molecule has 24 heavy (non-hydrogen) atoms. The van der Waals surface area contributed by atoms with Crippen molar-refractivity contribution in [1.82, 2.24) is 15.4 Å². The van der Waals surface area contributed by atoms with Gasteiger partial charge in [-0.05, 0) is 39.9 Å². The number of methoxy groups -OCH3 is 1. The molecule has 0 atom stereocenters. The van der Waals surface area contributed by atoms with Crippen LogP contribution < -0.4 is 15.4 Å². The van der Waals surface area contributed by atoms with Crippen LogP contribution in [-0.2, 0) is 14.8 Å². The summed E-state index contributed by atoms with van der Waals surface area (Å²) in [6.07, 6.45) is 1.82. The maximum atomic E-state index is 12.4. The van der Waals surface area contributed by atoms with Crippen LogP contribution in [-0.4, -0.2) is 54.7 Å². The molecule has 1 aromatic rings. The van der Waals surface area contributed by atoms with E-state index in [1.54, 1.807) is 14.0 Å². The molecule has 1 amide bonds. The van der Waals surface area contributed by atoms with Crippen LogP contribution in [0.15, 0.2) is 15.6 Å². The highest BCUT2D eigenvalue weighted by Gasteiger charge is 2.33. The molecule has 0 radical (unpaired) electrons. The van der Waals surface area contributed by atoms with Crippen LogP contribution in [0.4, 0.5) is 0 Å². The lowest BCUT2D eigenvalue weighted by Crippen LogP contribution is -2.47. The van der Waals surface area contributed by atoms with Crippen molar-refractivity contribution in [2.24, 2.45) is 5.41 Å². The normalized spacial score (nSPS) is 17.6. The van der Waals surface area contributed by atoms with E-state index in [2.05, 4.69) is 15.4 Å². The highest BCUT2D eigenvalue weighted by molar-refractivity contribution is 7.89. The zero-order valence-corrected chi connectivity index (χ0v) is 15.1. The van der Waals surface area contributed by atoms with E-state index in [9.17, 15) is 13.2 Å². The first-order valence-electron chi connectivity index (χ1n) is 7.85. The molecule has 3 N–H and O–H groups in total. The Morgan fingerprint density at radius 1 is 1.42 bits per heavy atom. The number of carbonyl (C=O) groups excluding carboxylic acids is 1. The Morgan fingerprint density at radius 3 is 2.67 bits per heavy atom. The zero-order valence-electron chi connectivity index (χ0n) is 14.3. The lowest BCUT2D eigenvalue weighted by atomic mass is 9.79. The summed E-state index contributed by atoms with van der Waals surface area (Å²) in [5.74, 6) is -0.0739. The van der Waals surface area contributed by atoms with E-state index in [0.717, 1.165) is 25.9 Å². The van der Waals surface area contributed by atoms with E-state index < -0.39 is 10.0 Å². The largest absolute Gasteiger partial charge is 0.448 e. The van der Waals surface area contributed by atoms with Crippen LogP contribution in [0.3, 0.4) is 0 Å². The van der Waals surface area contributed by atoms with Gasteiger partial charge in [0, 0.05) is 25.1 Å². The highest BCUT2D eigenvalue weighted by atomic mass is 32.2. The van der Waals surface area contributed by atoms with Crippen LogP contribution in [0, 0.1) is 12.3 Å². The molecule has 1 fully saturated rings. The SMILES string of the molecule is CNS(=O)(=O)c1cc(C(=O)NCC2(COC)CCNCC2)c(C)o1. The number of hydrogen-bond acceptors (Lipinski definition) is 6. The first-order valence-corrected chi connectivity index (χ1v) is 9.34. The Morgan fingerprint density at radius 2 is 2.08 bits per heavy atom. The van der Waals surface area contributed by atoms with Gasteiger partial charge >= 0.3 is 0 Å². The lowest BCUT2D eigenvalue weighted by Gasteiger charge is -2.37. The van der Waals surface area contributed by atoms with Crippen LogP contribution in [0.2, 0.25) is 0 Å². The summed E-state index contributed by atoms with van der Waals surface area (Å²) < 4.78 is 36.2. The zero-order chi connectivity index (χ0) is 17.8. The van der Waals surface area contributed by atoms with Crippen molar-refractivity contribution in [3.05, 3.63) is 17.4 Å². The molecule has 0 aromatic carbocycles. The number of furan rings is 1. The number of amides is 1. The average molecular weight is 359 g/mol. The Bertz CT molecular complexity index is 672. The predicted molar refractivity (Wildman–Crippen MR) is 88.4 cm³/mol. The van der Waals surface area contributed by atoms with Crippen molar-refractivity contribution < 1.29 is 22.4 Å². The number of carbonyl (C=O) groups is 1. The summed E-state index contributed by atoms with van der Waals surface area (Å²) in [6.45, 7) is 4.38.